The molecule has 1 saturated carbocycles. The average Bonchev–Trinajstić information content (AvgIpc) is 2.68. The molecular formula is C18H36N2. The Balaban J connectivity index is 1.84. The van der Waals surface area contributed by atoms with Gasteiger partial charge in [0.1, 0.15) is 0 Å². The van der Waals surface area contributed by atoms with Crippen LogP contribution in [0.1, 0.15) is 72.1 Å². The maximum atomic E-state index is 3.76. The van der Waals surface area contributed by atoms with E-state index in [2.05, 4.69) is 31.0 Å². The van der Waals surface area contributed by atoms with Crippen molar-refractivity contribution in [3.05, 3.63) is 0 Å². The summed E-state index contributed by atoms with van der Waals surface area (Å²) in [5.74, 6) is 0.892. The molecule has 0 radical (unpaired) electrons. The van der Waals surface area contributed by atoms with Crippen LogP contribution in [-0.4, -0.2) is 37.1 Å². The lowest BCUT2D eigenvalue weighted by atomic mass is 9.78. The third-order valence-electron chi connectivity index (χ3n) is 6.03. The second-order valence-corrected chi connectivity index (χ2v) is 7.53. The molecule has 0 spiro atoms. The molecule has 20 heavy (non-hydrogen) atoms. The molecule has 1 N–H and O–H groups in total. The van der Waals surface area contributed by atoms with E-state index in [1.54, 1.807) is 0 Å². The van der Waals surface area contributed by atoms with Crippen LogP contribution in [0.2, 0.25) is 0 Å². The second-order valence-electron chi connectivity index (χ2n) is 7.53. The Bertz CT molecular complexity index is 269. The molecule has 1 aliphatic carbocycles. The molecule has 1 heterocycles. The third-order valence-corrected chi connectivity index (χ3v) is 6.03. The van der Waals surface area contributed by atoms with Gasteiger partial charge in [-0.05, 0) is 56.7 Å². The zero-order valence-corrected chi connectivity index (χ0v) is 14.1. The van der Waals surface area contributed by atoms with Crippen molar-refractivity contribution in [2.75, 3.05) is 26.2 Å². The molecule has 2 fully saturated rings. The summed E-state index contributed by atoms with van der Waals surface area (Å²) in [7, 11) is 0. The second kappa shape index (κ2) is 7.79. The smallest absolute Gasteiger partial charge is 0.0107 e. The zero-order chi connectivity index (χ0) is 14.4. The van der Waals surface area contributed by atoms with Gasteiger partial charge < -0.3 is 10.2 Å². The van der Waals surface area contributed by atoms with Crippen molar-refractivity contribution < 1.29 is 0 Å². The third kappa shape index (κ3) is 4.46. The minimum absolute atomic E-state index is 0.626. The van der Waals surface area contributed by atoms with Gasteiger partial charge in [-0.3, -0.25) is 0 Å². The Hall–Kier alpha value is -0.0800. The van der Waals surface area contributed by atoms with Gasteiger partial charge in [0.25, 0.3) is 0 Å². The van der Waals surface area contributed by atoms with Crippen molar-refractivity contribution in [1.29, 1.82) is 0 Å². The summed E-state index contributed by atoms with van der Waals surface area (Å²) in [6.45, 7) is 12.3. The number of likely N-dealkylation sites (tertiary alicyclic amines) is 1. The predicted molar refractivity (Wildman–Crippen MR) is 88.1 cm³/mol. The average molecular weight is 281 g/mol. The fourth-order valence-corrected chi connectivity index (χ4v) is 4.09. The van der Waals surface area contributed by atoms with Crippen LogP contribution in [0.5, 0.6) is 0 Å². The number of hydrogen-bond donors (Lipinski definition) is 1. The largest absolute Gasteiger partial charge is 0.314 e. The topological polar surface area (TPSA) is 15.3 Å². The number of piperidine rings is 1. The van der Waals surface area contributed by atoms with E-state index in [1.807, 2.05) is 0 Å². The van der Waals surface area contributed by atoms with Crippen LogP contribution in [0, 0.1) is 11.3 Å². The lowest BCUT2D eigenvalue weighted by Crippen LogP contribution is -2.45. The van der Waals surface area contributed by atoms with Gasteiger partial charge in [-0.1, -0.05) is 46.5 Å². The van der Waals surface area contributed by atoms with E-state index in [1.165, 1.54) is 71.0 Å². The first-order valence-electron chi connectivity index (χ1n) is 9.12. The van der Waals surface area contributed by atoms with E-state index in [9.17, 15) is 0 Å². The molecule has 118 valence electrons. The van der Waals surface area contributed by atoms with Crippen LogP contribution in [0.15, 0.2) is 0 Å². The fraction of sp³-hybridized carbons (Fsp3) is 1.00. The number of nitrogens with zero attached hydrogens (tertiary/aromatic N) is 1. The highest BCUT2D eigenvalue weighted by Crippen LogP contribution is 2.35. The molecule has 1 aliphatic heterocycles. The van der Waals surface area contributed by atoms with Crippen molar-refractivity contribution in [2.24, 2.45) is 11.3 Å². The summed E-state index contributed by atoms with van der Waals surface area (Å²) in [4.78, 5) is 2.76. The first kappa shape index (κ1) is 16.3. The van der Waals surface area contributed by atoms with Crippen molar-refractivity contribution in [2.45, 2.75) is 78.2 Å². The SMILES string of the molecule is CCNC1CCCCCC1CN1CCC(C)(CC)CC1. The molecule has 0 aromatic heterocycles. The minimum atomic E-state index is 0.626. The van der Waals surface area contributed by atoms with Crippen LogP contribution >= 0.6 is 0 Å². The lowest BCUT2D eigenvalue weighted by molar-refractivity contribution is 0.0927. The molecule has 0 aromatic rings. The Morgan fingerprint density at radius 3 is 2.40 bits per heavy atom. The fourth-order valence-electron chi connectivity index (χ4n) is 4.09. The highest BCUT2D eigenvalue weighted by Gasteiger charge is 2.31. The maximum Gasteiger partial charge on any atom is 0.0107 e. The van der Waals surface area contributed by atoms with Crippen molar-refractivity contribution >= 4 is 0 Å². The number of rotatable bonds is 5. The van der Waals surface area contributed by atoms with E-state index in [0.717, 1.165) is 18.5 Å². The molecular weight excluding hydrogens is 244 g/mol. The van der Waals surface area contributed by atoms with Gasteiger partial charge >= 0.3 is 0 Å². The number of hydrogen-bond acceptors (Lipinski definition) is 2. The monoisotopic (exact) mass is 280 g/mol. The van der Waals surface area contributed by atoms with E-state index < -0.39 is 0 Å². The highest BCUT2D eigenvalue weighted by molar-refractivity contribution is 4.86. The predicted octanol–water partition coefficient (Wildman–Crippen LogP) is 4.06. The summed E-state index contributed by atoms with van der Waals surface area (Å²) in [5, 5.41) is 3.76. The summed E-state index contributed by atoms with van der Waals surface area (Å²) in [6.07, 6.45) is 11.3. The van der Waals surface area contributed by atoms with Gasteiger partial charge in [-0.25, -0.2) is 0 Å². The zero-order valence-electron chi connectivity index (χ0n) is 14.1. The van der Waals surface area contributed by atoms with E-state index in [0.29, 0.717) is 5.41 Å². The summed E-state index contributed by atoms with van der Waals surface area (Å²) in [6, 6.07) is 0.780. The standard InChI is InChI=1S/C18H36N2/c1-4-18(3)11-13-20(14-12-18)15-16-9-7-6-8-10-17(16)19-5-2/h16-17,19H,4-15H2,1-3H3. The number of nitrogens with one attached hydrogen (secondary N) is 1. The lowest BCUT2D eigenvalue weighted by Gasteiger charge is -2.41. The molecule has 2 unspecified atom stereocenters. The molecule has 0 bridgehead atoms. The first-order chi connectivity index (χ1) is 9.67. The normalized spacial score (nSPS) is 31.9. The molecule has 0 aromatic carbocycles. The van der Waals surface area contributed by atoms with Crippen LogP contribution in [-0.2, 0) is 0 Å². The maximum absolute atomic E-state index is 3.76. The molecule has 0 amide bonds. The van der Waals surface area contributed by atoms with E-state index >= 15 is 0 Å². The molecule has 2 heteroatoms. The van der Waals surface area contributed by atoms with Crippen LogP contribution in [0.3, 0.4) is 0 Å². The van der Waals surface area contributed by atoms with Gasteiger partial charge in [0.05, 0.1) is 0 Å². The van der Waals surface area contributed by atoms with Gasteiger partial charge in [-0.15, -0.1) is 0 Å². The van der Waals surface area contributed by atoms with Gasteiger partial charge in [0.15, 0.2) is 0 Å². The van der Waals surface area contributed by atoms with Gasteiger partial charge in [0, 0.05) is 12.6 Å². The summed E-state index contributed by atoms with van der Waals surface area (Å²) < 4.78 is 0. The Morgan fingerprint density at radius 1 is 1.05 bits per heavy atom. The highest BCUT2D eigenvalue weighted by atomic mass is 15.1. The Kier molecular flexibility index (Phi) is 6.35. The molecule has 1 saturated heterocycles. The molecule has 2 aliphatic rings. The van der Waals surface area contributed by atoms with Crippen LogP contribution in [0.4, 0.5) is 0 Å². The summed E-state index contributed by atoms with van der Waals surface area (Å²) >= 11 is 0. The van der Waals surface area contributed by atoms with Gasteiger partial charge in [0.2, 0.25) is 0 Å². The minimum Gasteiger partial charge on any atom is -0.314 e. The van der Waals surface area contributed by atoms with Crippen LogP contribution in [0.25, 0.3) is 0 Å². The van der Waals surface area contributed by atoms with E-state index in [4.69, 9.17) is 0 Å². The van der Waals surface area contributed by atoms with Crippen LogP contribution < -0.4 is 5.32 Å². The molecule has 2 atom stereocenters. The Labute approximate surface area is 126 Å². The van der Waals surface area contributed by atoms with Crippen molar-refractivity contribution in [1.82, 2.24) is 10.2 Å². The van der Waals surface area contributed by atoms with Gasteiger partial charge in [-0.2, -0.15) is 0 Å². The molecule has 2 rings (SSSR count). The Morgan fingerprint density at radius 2 is 1.75 bits per heavy atom. The quantitative estimate of drug-likeness (QED) is 0.764. The van der Waals surface area contributed by atoms with Crippen molar-refractivity contribution in [3.8, 4) is 0 Å². The summed E-state index contributed by atoms with van der Waals surface area (Å²) in [5.41, 5.74) is 0.626. The molecule has 2 nitrogen and oxygen atoms in total. The van der Waals surface area contributed by atoms with E-state index in [-0.39, 0.29) is 0 Å². The first-order valence-corrected chi connectivity index (χ1v) is 9.12. The van der Waals surface area contributed by atoms with Crippen molar-refractivity contribution in [3.63, 3.8) is 0 Å².